The molecular formula is C40H58ClN5O6S. The van der Waals surface area contributed by atoms with Crippen molar-refractivity contribution in [2.45, 2.75) is 82.7 Å². The molecule has 2 N–H and O–H groups in total. The van der Waals surface area contributed by atoms with Gasteiger partial charge in [0.25, 0.3) is 5.91 Å². The summed E-state index contributed by atoms with van der Waals surface area (Å²) >= 11 is 6.38. The second-order valence-electron chi connectivity index (χ2n) is 16.3. The molecule has 2 fully saturated rings. The van der Waals surface area contributed by atoms with Gasteiger partial charge in [-0.3, -0.25) is 14.5 Å². The number of aryl methyl sites for hydroxylation is 1. The summed E-state index contributed by atoms with van der Waals surface area (Å²) in [4.78, 5) is 35.2. The molecule has 0 radical (unpaired) electrons. The van der Waals surface area contributed by atoms with Crippen molar-refractivity contribution in [3.8, 4) is 5.75 Å². The fourth-order valence-corrected chi connectivity index (χ4v) is 10.1. The lowest BCUT2D eigenvalue weighted by molar-refractivity contribution is -0.142. The van der Waals surface area contributed by atoms with Crippen LogP contribution in [0.25, 0.3) is 0 Å². The predicted octanol–water partition coefficient (Wildman–Crippen LogP) is 4.79. The maximum Gasteiger partial charge on any atom is 0.264 e. The minimum absolute atomic E-state index is 0.00849. The molecule has 11 nitrogen and oxygen atoms in total. The van der Waals surface area contributed by atoms with Gasteiger partial charge in [-0.25, -0.2) is 13.1 Å². The number of sulfonamides is 1. The van der Waals surface area contributed by atoms with Crippen LogP contribution in [-0.4, -0.2) is 117 Å². The summed E-state index contributed by atoms with van der Waals surface area (Å²) in [5.41, 5.74) is 2.17. The first-order valence-electron chi connectivity index (χ1n) is 19.4. The molecule has 2 aromatic rings. The minimum atomic E-state index is -3.99. The van der Waals surface area contributed by atoms with Crippen LogP contribution in [0, 0.1) is 17.8 Å². The second kappa shape index (κ2) is 16.9. The summed E-state index contributed by atoms with van der Waals surface area (Å²) in [5, 5.41) is 12.6. The molecule has 3 heterocycles. The first kappa shape index (κ1) is 39.8. The van der Waals surface area contributed by atoms with E-state index in [0.29, 0.717) is 75.9 Å². The summed E-state index contributed by atoms with van der Waals surface area (Å²) in [6, 6.07) is 11.1. The Hall–Kier alpha value is -2.90. The van der Waals surface area contributed by atoms with Crippen molar-refractivity contribution in [1.82, 2.24) is 19.4 Å². The van der Waals surface area contributed by atoms with Gasteiger partial charge in [0.1, 0.15) is 12.4 Å². The van der Waals surface area contributed by atoms with Crippen LogP contribution in [0.2, 0.25) is 5.02 Å². The Kier molecular flexibility index (Phi) is 12.7. The largest absolute Gasteiger partial charge is 0.487 e. The molecular weight excluding hydrogens is 714 g/mol. The van der Waals surface area contributed by atoms with Gasteiger partial charge >= 0.3 is 0 Å². The molecule has 53 heavy (non-hydrogen) atoms. The number of piperazine rings is 1. The minimum Gasteiger partial charge on any atom is -0.487 e. The molecule has 6 rings (SSSR count). The van der Waals surface area contributed by atoms with E-state index in [1.54, 1.807) is 25.1 Å². The maximum absolute atomic E-state index is 13.6. The highest BCUT2D eigenvalue weighted by Gasteiger charge is 2.48. The molecule has 2 aromatic carbocycles. The van der Waals surface area contributed by atoms with Crippen LogP contribution >= 0.6 is 11.6 Å². The van der Waals surface area contributed by atoms with Crippen molar-refractivity contribution in [2.24, 2.45) is 17.8 Å². The number of nitrogens with zero attached hydrogens (tertiary/aromatic N) is 4. The SMILES string of the molecule is C[C@@H]1[C@@H](C)CCC[C@](O)(CN2CCN(CCN(C)C)C(=O)C2)[C@@H]2CC[C@H]2CN2CCCCc3cc(Cl)ccc3COc3ccc(cc32)C(=O)NS1(=O)=O. The van der Waals surface area contributed by atoms with E-state index >= 15 is 0 Å². The lowest BCUT2D eigenvalue weighted by Crippen LogP contribution is -2.60. The molecule has 2 bridgehead atoms. The third-order valence-corrected chi connectivity index (χ3v) is 14.5. The molecule has 3 aliphatic heterocycles. The van der Waals surface area contributed by atoms with Gasteiger partial charge in [-0.2, -0.15) is 0 Å². The number of nitrogens with one attached hydrogen (secondary N) is 1. The standard InChI is InChI=1S/C40H58ClN5O6S/c1-28-8-7-16-40(49,27-44-19-21-45(38(47)25-44)20-18-43(3)4)35-14-11-32(35)24-46-17-6-5-9-30-22-34(41)13-10-33(30)26-52-37-15-12-31(23-36(37)46)39(48)42-53(50,51)29(28)2/h10,12-13,15,22-23,28-29,32,35,49H,5-9,11,14,16-21,24-27H2,1-4H3,(H,42,48)/t28-,29+,32-,35+,40-/m0/s1. The van der Waals surface area contributed by atoms with E-state index in [-0.39, 0.29) is 35.8 Å². The van der Waals surface area contributed by atoms with Crippen LogP contribution in [-0.2, 0) is 27.8 Å². The van der Waals surface area contributed by atoms with E-state index in [2.05, 4.69) is 19.4 Å². The molecule has 5 atom stereocenters. The van der Waals surface area contributed by atoms with Crippen LogP contribution in [0.15, 0.2) is 36.4 Å². The Bertz CT molecular complexity index is 1740. The summed E-state index contributed by atoms with van der Waals surface area (Å²) in [6.45, 7) is 8.77. The molecule has 1 aliphatic carbocycles. The molecule has 4 aliphatic rings. The van der Waals surface area contributed by atoms with Crippen molar-refractivity contribution < 1.29 is 27.9 Å². The number of rotatable bonds is 5. The molecule has 1 saturated carbocycles. The number of carbonyl (C=O) groups is 2. The van der Waals surface area contributed by atoms with E-state index in [1.807, 2.05) is 44.1 Å². The van der Waals surface area contributed by atoms with Gasteiger partial charge < -0.3 is 24.5 Å². The Labute approximate surface area is 321 Å². The Morgan fingerprint density at radius 1 is 1.00 bits per heavy atom. The lowest BCUT2D eigenvalue weighted by Gasteiger charge is -2.51. The van der Waals surface area contributed by atoms with Crippen molar-refractivity contribution in [1.29, 1.82) is 0 Å². The van der Waals surface area contributed by atoms with Crippen LogP contribution < -0.4 is 14.4 Å². The Morgan fingerprint density at radius 3 is 2.55 bits per heavy atom. The van der Waals surface area contributed by atoms with E-state index in [1.165, 1.54) is 0 Å². The van der Waals surface area contributed by atoms with Gasteiger partial charge in [0.05, 0.1) is 23.1 Å². The topological polar surface area (TPSA) is 123 Å². The molecule has 0 spiro atoms. The van der Waals surface area contributed by atoms with E-state index in [4.69, 9.17) is 16.3 Å². The number of anilines is 1. The highest BCUT2D eigenvalue weighted by molar-refractivity contribution is 7.90. The average molecular weight is 772 g/mol. The average Bonchev–Trinajstić information content (AvgIpc) is 3.11. The van der Waals surface area contributed by atoms with Gasteiger partial charge in [0.15, 0.2) is 0 Å². The molecule has 292 valence electrons. The van der Waals surface area contributed by atoms with Crippen molar-refractivity contribution >= 4 is 39.1 Å². The van der Waals surface area contributed by atoms with Gasteiger partial charge in [0.2, 0.25) is 15.9 Å². The smallest absolute Gasteiger partial charge is 0.264 e. The Morgan fingerprint density at radius 2 is 1.81 bits per heavy atom. The zero-order valence-corrected chi connectivity index (χ0v) is 33.4. The highest BCUT2D eigenvalue weighted by atomic mass is 35.5. The number of carbonyl (C=O) groups excluding carboxylic acids is 2. The van der Waals surface area contributed by atoms with Gasteiger partial charge in [-0.1, -0.05) is 31.0 Å². The summed E-state index contributed by atoms with van der Waals surface area (Å²) < 4.78 is 35.9. The lowest BCUT2D eigenvalue weighted by atomic mass is 9.62. The number of ether oxygens (including phenoxy) is 1. The number of halogens is 1. The molecule has 0 aromatic heterocycles. The van der Waals surface area contributed by atoms with Crippen LogP contribution in [0.4, 0.5) is 5.69 Å². The molecule has 1 saturated heterocycles. The van der Waals surface area contributed by atoms with Crippen LogP contribution in [0.5, 0.6) is 5.75 Å². The highest BCUT2D eigenvalue weighted by Crippen LogP contribution is 2.46. The number of hydrogen-bond donors (Lipinski definition) is 2. The third kappa shape index (κ3) is 9.50. The first-order valence-corrected chi connectivity index (χ1v) is 21.4. The number of aliphatic hydroxyl groups is 1. The maximum atomic E-state index is 13.6. The quantitative estimate of drug-likeness (QED) is 0.442. The summed E-state index contributed by atoms with van der Waals surface area (Å²) in [6.07, 6.45) is 6.25. The van der Waals surface area contributed by atoms with Crippen molar-refractivity contribution in [3.63, 3.8) is 0 Å². The zero-order valence-electron chi connectivity index (χ0n) is 31.9. The van der Waals surface area contributed by atoms with Crippen LogP contribution in [0.1, 0.15) is 80.3 Å². The van der Waals surface area contributed by atoms with E-state index in [0.717, 1.165) is 55.5 Å². The van der Waals surface area contributed by atoms with Gasteiger partial charge in [-0.15, -0.1) is 0 Å². The summed E-state index contributed by atoms with van der Waals surface area (Å²) in [7, 11) is 0.0244. The normalized spacial score (nSPS) is 28.9. The van der Waals surface area contributed by atoms with Gasteiger partial charge in [0, 0.05) is 56.4 Å². The molecule has 13 heteroatoms. The van der Waals surface area contributed by atoms with Gasteiger partial charge in [-0.05, 0) is 125 Å². The number of hydrogen-bond acceptors (Lipinski definition) is 9. The number of likely N-dealkylation sites (N-methyl/N-ethyl adjacent to an activating group) is 1. The number of amides is 2. The number of benzene rings is 2. The van der Waals surface area contributed by atoms with Crippen molar-refractivity contribution in [2.75, 3.05) is 71.4 Å². The molecule has 2 amide bonds. The summed E-state index contributed by atoms with van der Waals surface area (Å²) in [5.74, 6) is 0.00978. The fraction of sp³-hybridized carbons (Fsp3) is 0.650. The number of β-amino-alcohol motifs (C(OH)–C–C–N with tert-alkyl or cyclic N) is 1. The van der Waals surface area contributed by atoms with Crippen LogP contribution in [0.3, 0.4) is 0 Å². The first-order chi connectivity index (χ1) is 25.2. The molecule has 0 unspecified atom stereocenters. The fourth-order valence-electron chi connectivity index (χ4n) is 8.63. The second-order valence-corrected chi connectivity index (χ2v) is 18.8. The number of fused-ring (bicyclic) bond motifs is 3. The zero-order chi connectivity index (χ0) is 37.9. The van der Waals surface area contributed by atoms with E-state index < -0.39 is 26.8 Å². The monoisotopic (exact) mass is 771 g/mol. The Balaban J connectivity index is 1.32. The third-order valence-electron chi connectivity index (χ3n) is 12.3. The van der Waals surface area contributed by atoms with E-state index in [9.17, 15) is 23.1 Å². The predicted molar refractivity (Wildman–Crippen MR) is 209 cm³/mol. The van der Waals surface area contributed by atoms with Crippen molar-refractivity contribution in [3.05, 3.63) is 58.1 Å².